The normalized spacial score (nSPS) is 9.83. The Hall–Kier alpha value is -0.300. The van der Waals surface area contributed by atoms with Gasteiger partial charge in [0.05, 0.1) is 0 Å². The Kier molecular flexibility index (Phi) is 7.65. The lowest BCUT2D eigenvalue weighted by molar-refractivity contribution is 1.28. The highest BCUT2D eigenvalue weighted by Gasteiger charge is 2.03. The van der Waals surface area contributed by atoms with Crippen LogP contribution in [0.1, 0.15) is 0 Å². The number of benzene rings is 2. The van der Waals surface area contributed by atoms with E-state index in [-0.39, 0.29) is 0 Å². The molecule has 0 aliphatic heterocycles. The zero-order valence-corrected chi connectivity index (χ0v) is 12.9. The second-order valence-electron chi connectivity index (χ2n) is 3.33. The van der Waals surface area contributed by atoms with Crippen LogP contribution < -0.4 is 10.1 Å². The Balaban J connectivity index is 0.000000492. The molecule has 0 bridgehead atoms. The third-order valence-corrected chi connectivity index (χ3v) is 4.03. The molecule has 18 heavy (non-hydrogen) atoms. The van der Waals surface area contributed by atoms with Crippen molar-refractivity contribution in [2.45, 2.75) is 0 Å². The van der Waals surface area contributed by atoms with E-state index in [4.69, 9.17) is 34.3 Å². The Morgan fingerprint density at radius 2 is 1.28 bits per heavy atom. The summed E-state index contributed by atoms with van der Waals surface area (Å²) in [5.74, 6) is 0. The minimum Gasteiger partial charge on any atom is -0.237 e. The van der Waals surface area contributed by atoms with Crippen LogP contribution in [-0.2, 0) is 0 Å². The van der Waals surface area contributed by atoms with Gasteiger partial charge in [0.25, 0.3) is 0 Å². The van der Waals surface area contributed by atoms with Crippen molar-refractivity contribution in [2.24, 2.45) is 0 Å². The smallest absolute Gasteiger partial charge is 0.116 e. The van der Waals surface area contributed by atoms with Crippen LogP contribution in [0.4, 0.5) is 0 Å². The number of hydrogen-bond donors (Lipinski definition) is 1. The monoisotopic (exact) mass is 319 g/mol. The van der Waals surface area contributed by atoms with Gasteiger partial charge in [-0.05, 0) is 30.0 Å². The van der Waals surface area contributed by atoms with E-state index in [1.807, 2.05) is 42.5 Å². The molecule has 0 saturated carbocycles. The maximum absolute atomic E-state index is 5.83. The van der Waals surface area contributed by atoms with E-state index in [0.717, 1.165) is 5.30 Å². The molecule has 96 valence electrons. The number of hydrogen-bond acceptors (Lipinski definition) is 1. The molecule has 0 aromatic heterocycles. The summed E-state index contributed by atoms with van der Waals surface area (Å²) in [4.78, 5) is 2.22. The van der Waals surface area contributed by atoms with Gasteiger partial charge in [-0.3, -0.25) is 0 Å². The highest BCUT2D eigenvalue weighted by Crippen LogP contribution is 2.45. The Morgan fingerprint density at radius 1 is 0.833 bits per heavy atom. The van der Waals surface area contributed by atoms with Crippen molar-refractivity contribution >= 4 is 46.2 Å². The molecule has 0 aliphatic carbocycles. The number of nitrogens with one attached hydrogen (secondary N) is 1. The van der Waals surface area contributed by atoms with Gasteiger partial charge in [0.2, 0.25) is 0 Å². The molecular weight excluding hydrogens is 307 g/mol. The quantitative estimate of drug-likeness (QED) is 0.597. The highest BCUT2D eigenvalue weighted by atomic mass is 35.9. The summed E-state index contributed by atoms with van der Waals surface area (Å²) in [6.07, 6.45) is 0. The Bertz CT molecular complexity index is 446. The maximum atomic E-state index is 5.83. The molecule has 0 fully saturated rings. The van der Waals surface area contributed by atoms with Crippen molar-refractivity contribution in [3.63, 3.8) is 0 Å². The molecule has 2 aromatic carbocycles. The predicted octanol–water partition coefficient (Wildman–Crippen LogP) is 5.13. The van der Waals surface area contributed by atoms with E-state index in [2.05, 4.69) is 17.0 Å². The molecule has 0 spiro atoms. The Morgan fingerprint density at radius 3 is 1.72 bits per heavy atom. The van der Waals surface area contributed by atoms with Crippen LogP contribution in [-0.4, -0.2) is 7.05 Å². The first-order chi connectivity index (χ1) is 8.69. The summed E-state index contributed by atoms with van der Waals surface area (Å²) in [5.41, 5.74) is 2.39. The summed E-state index contributed by atoms with van der Waals surface area (Å²) in [6, 6.07) is 18.3. The van der Waals surface area contributed by atoms with Gasteiger partial charge in [-0.1, -0.05) is 77.1 Å². The molecule has 5 heteroatoms. The molecule has 0 unspecified atom stereocenters. The molecule has 0 aliphatic rings. The molecule has 2 aromatic rings. The average molecular weight is 321 g/mol. The first kappa shape index (κ1) is 15.8. The van der Waals surface area contributed by atoms with E-state index in [1.54, 1.807) is 7.05 Å². The van der Waals surface area contributed by atoms with E-state index >= 15 is 0 Å². The van der Waals surface area contributed by atoms with Gasteiger partial charge in [-0.15, -0.1) is 0 Å². The van der Waals surface area contributed by atoms with Crippen LogP contribution in [0.25, 0.3) is 11.1 Å². The number of halogens is 3. The van der Waals surface area contributed by atoms with Gasteiger partial charge in [0.1, 0.15) is 6.63 Å². The van der Waals surface area contributed by atoms with Crippen molar-refractivity contribution in [2.75, 3.05) is 7.05 Å². The molecule has 0 heterocycles. The van der Waals surface area contributed by atoms with Gasteiger partial charge >= 0.3 is 0 Å². The molecule has 0 amide bonds. The van der Waals surface area contributed by atoms with Gasteiger partial charge in [0, 0.05) is 5.30 Å². The van der Waals surface area contributed by atoms with Crippen LogP contribution in [0, 0.1) is 0 Å². The summed E-state index contributed by atoms with van der Waals surface area (Å²) < 4.78 is 0. The molecule has 1 N–H and O–H groups in total. The van der Waals surface area contributed by atoms with Gasteiger partial charge in [-0.25, -0.2) is 4.84 Å². The van der Waals surface area contributed by atoms with E-state index in [0.29, 0.717) is 0 Å². The van der Waals surface area contributed by atoms with Crippen LogP contribution >= 0.6 is 40.9 Å². The van der Waals surface area contributed by atoms with Crippen molar-refractivity contribution in [3.05, 3.63) is 54.6 Å². The van der Waals surface area contributed by atoms with E-state index < -0.39 is 6.63 Å². The third kappa shape index (κ3) is 5.14. The zero-order chi connectivity index (χ0) is 13.4. The molecule has 0 atom stereocenters. The van der Waals surface area contributed by atoms with Gasteiger partial charge in [-0.2, -0.15) is 0 Å². The lowest BCUT2D eigenvalue weighted by Gasteiger charge is -2.04. The fraction of sp³-hybridized carbons (Fsp3) is 0.0769. The second kappa shape index (κ2) is 8.74. The fourth-order valence-corrected chi connectivity index (χ4v) is 2.45. The maximum Gasteiger partial charge on any atom is 0.116 e. The molecule has 2 rings (SSSR count). The Labute approximate surface area is 124 Å². The minimum absolute atomic E-state index is 0.994. The predicted molar refractivity (Wildman–Crippen MR) is 85.1 cm³/mol. The van der Waals surface area contributed by atoms with Gasteiger partial charge in [0.15, 0.2) is 0 Å². The van der Waals surface area contributed by atoms with Crippen molar-refractivity contribution < 1.29 is 0 Å². The average Bonchev–Trinajstić information content (AvgIpc) is 2.41. The topological polar surface area (TPSA) is 12.0 Å². The lowest BCUT2D eigenvalue weighted by atomic mass is 10.1. The van der Waals surface area contributed by atoms with E-state index in [1.165, 1.54) is 11.1 Å². The first-order valence-corrected chi connectivity index (χ1v) is 8.76. The summed E-state index contributed by atoms with van der Waals surface area (Å²) in [5, 5.41) is 0.994. The summed E-state index contributed by atoms with van der Waals surface area (Å²) in [6.45, 7) is -1.03. The van der Waals surface area contributed by atoms with E-state index in [9.17, 15) is 0 Å². The second-order valence-corrected chi connectivity index (χ2v) is 7.24. The third-order valence-electron chi connectivity index (χ3n) is 2.17. The van der Waals surface area contributed by atoms with Crippen LogP contribution in [0.3, 0.4) is 0 Å². The number of rotatable bonds is 2. The summed E-state index contributed by atoms with van der Waals surface area (Å²) >= 11 is 16.4. The minimum atomic E-state index is -1.03. The standard InChI is InChI=1S/C12H9Cl2P.CH4ClN/c13-15(14)12-8-6-11(7-9-12)10-4-2-1-3-5-10;1-3-2/h1-9H;3H,1H3. The summed E-state index contributed by atoms with van der Waals surface area (Å²) in [7, 11) is 1.64. The SMILES string of the molecule is CNCl.ClP(Cl)c1ccc(-c2ccccc2)cc1. The molecule has 0 radical (unpaired) electrons. The highest BCUT2D eigenvalue weighted by molar-refractivity contribution is 8.08. The molecular formula is C13H13Cl3NP. The molecule has 1 nitrogen and oxygen atoms in total. The fourth-order valence-electron chi connectivity index (χ4n) is 1.40. The van der Waals surface area contributed by atoms with Crippen LogP contribution in [0.5, 0.6) is 0 Å². The van der Waals surface area contributed by atoms with Crippen molar-refractivity contribution in [1.82, 2.24) is 4.84 Å². The van der Waals surface area contributed by atoms with Gasteiger partial charge < -0.3 is 0 Å². The van der Waals surface area contributed by atoms with Crippen LogP contribution in [0.15, 0.2) is 54.6 Å². The molecule has 0 saturated heterocycles. The van der Waals surface area contributed by atoms with Crippen molar-refractivity contribution in [1.29, 1.82) is 0 Å². The van der Waals surface area contributed by atoms with Crippen molar-refractivity contribution in [3.8, 4) is 11.1 Å². The zero-order valence-electron chi connectivity index (χ0n) is 9.78. The first-order valence-electron chi connectivity index (χ1n) is 5.23. The largest absolute Gasteiger partial charge is 0.237 e. The lowest BCUT2D eigenvalue weighted by Crippen LogP contribution is -1.92. The van der Waals surface area contributed by atoms with Crippen LogP contribution in [0.2, 0.25) is 0 Å².